The molecule has 66 heavy (non-hydrogen) atoms. The number of hydrogen-bond acceptors (Lipinski definition) is 5. The molecule has 6 heteroatoms. The third-order valence-electron chi connectivity index (χ3n) is 11.7. The van der Waals surface area contributed by atoms with E-state index in [-0.39, 0.29) is 0 Å². The lowest BCUT2D eigenvalue weighted by molar-refractivity contribution is 1.32. The minimum absolute atomic E-state index is 0.577. The van der Waals surface area contributed by atoms with E-state index in [0.717, 1.165) is 101 Å². The molecular formula is C60H36N6. The van der Waals surface area contributed by atoms with Crippen LogP contribution < -0.4 is 0 Å². The summed E-state index contributed by atoms with van der Waals surface area (Å²) in [6, 6.07) is 71.4. The molecule has 0 aliphatic rings. The standard InChI is InChI=1S/C60H36N6/c1-63-51-16-10-15-44(34-51)60-28-25-47(39-66-60)54-19-4-7-22-57(54)50-32-48(55-20-5-2-17-52(55)45-23-26-58(64-37-45)42-13-8-11-40(29-42)35-61)31-49(33-50)56-21-6-3-18-53(56)46-24-27-59(65-38-46)43-14-9-12-41(30-43)36-62/h2-34,37-39H. The van der Waals surface area contributed by atoms with Crippen LogP contribution in [0.4, 0.5) is 5.69 Å². The summed E-state index contributed by atoms with van der Waals surface area (Å²) in [4.78, 5) is 18.2. The lowest BCUT2D eigenvalue weighted by Gasteiger charge is -2.18. The van der Waals surface area contributed by atoms with Crippen LogP contribution >= 0.6 is 0 Å². The van der Waals surface area contributed by atoms with Crippen LogP contribution in [0.2, 0.25) is 0 Å². The van der Waals surface area contributed by atoms with Gasteiger partial charge in [-0.25, -0.2) is 4.85 Å². The van der Waals surface area contributed by atoms with Crippen LogP contribution in [0.1, 0.15) is 11.1 Å². The average molecular weight is 841 g/mol. The maximum absolute atomic E-state index is 9.51. The summed E-state index contributed by atoms with van der Waals surface area (Å²) < 4.78 is 0. The molecule has 0 saturated carbocycles. The Balaban J connectivity index is 1.10. The highest BCUT2D eigenvalue weighted by Gasteiger charge is 2.17. The van der Waals surface area contributed by atoms with Crippen molar-refractivity contribution in [1.29, 1.82) is 10.5 Å². The monoisotopic (exact) mass is 840 g/mol. The van der Waals surface area contributed by atoms with E-state index in [1.165, 1.54) is 0 Å². The van der Waals surface area contributed by atoms with Crippen LogP contribution in [-0.4, -0.2) is 15.0 Å². The third-order valence-corrected chi connectivity index (χ3v) is 11.7. The van der Waals surface area contributed by atoms with E-state index in [4.69, 9.17) is 21.5 Å². The van der Waals surface area contributed by atoms with Gasteiger partial charge in [0.2, 0.25) is 0 Å². The van der Waals surface area contributed by atoms with E-state index in [2.05, 4.69) is 126 Å². The summed E-state index contributed by atoms with van der Waals surface area (Å²) >= 11 is 0. The van der Waals surface area contributed by atoms with Crippen molar-refractivity contribution in [3.63, 3.8) is 0 Å². The summed E-state index contributed by atoms with van der Waals surface area (Å²) in [6.45, 7) is 7.49. The van der Waals surface area contributed by atoms with E-state index in [9.17, 15) is 10.5 Å². The van der Waals surface area contributed by atoms with E-state index in [1.807, 2.05) is 91.4 Å². The summed E-state index contributed by atoms with van der Waals surface area (Å²) in [6.07, 6.45) is 5.73. The molecule has 0 unspecified atom stereocenters. The van der Waals surface area contributed by atoms with Crippen LogP contribution in [0.25, 0.3) is 105 Å². The molecule has 0 fully saturated rings. The van der Waals surface area contributed by atoms with Crippen molar-refractivity contribution in [2.75, 3.05) is 0 Å². The Morgan fingerprint density at radius 1 is 0.318 bits per heavy atom. The Morgan fingerprint density at radius 3 is 0.970 bits per heavy atom. The van der Waals surface area contributed by atoms with Gasteiger partial charge in [-0.15, -0.1) is 0 Å². The van der Waals surface area contributed by atoms with Crippen molar-refractivity contribution in [1.82, 2.24) is 15.0 Å². The Labute approximate surface area is 383 Å². The number of nitrogens with zero attached hydrogens (tertiary/aromatic N) is 6. The molecule has 0 aliphatic carbocycles. The number of rotatable bonds is 9. The smallest absolute Gasteiger partial charge is 0.187 e. The first-order valence-electron chi connectivity index (χ1n) is 21.4. The summed E-state index contributed by atoms with van der Waals surface area (Å²) in [5, 5.41) is 19.0. The molecule has 0 spiro atoms. The van der Waals surface area contributed by atoms with Crippen molar-refractivity contribution in [2.45, 2.75) is 0 Å². The SMILES string of the molecule is [C-]#[N+]c1cccc(-c2ccc(-c3ccccc3-c3cc(-c4ccccc4-c4ccc(-c5cccc(C#N)c5)nc4)cc(-c4ccccc4-c4ccc(-c5cccc(C#N)c5)nc4)c3)cn2)c1. The number of nitriles is 2. The molecule has 3 aromatic heterocycles. The van der Waals surface area contributed by atoms with Gasteiger partial charge in [-0.2, -0.15) is 10.5 Å². The maximum atomic E-state index is 9.51. The van der Waals surface area contributed by atoms with Gasteiger partial charge in [-0.05, 0) is 122 Å². The Hall–Kier alpha value is -9.54. The van der Waals surface area contributed by atoms with Gasteiger partial charge in [0.25, 0.3) is 0 Å². The first kappa shape index (κ1) is 40.5. The number of aromatic nitrogens is 3. The molecule has 0 amide bonds. The summed E-state index contributed by atoms with van der Waals surface area (Å²) in [5.74, 6) is 0. The normalized spacial score (nSPS) is 10.7. The molecule has 0 atom stereocenters. The first-order valence-corrected chi connectivity index (χ1v) is 21.4. The fraction of sp³-hybridized carbons (Fsp3) is 0. The van der Waals surface area contributed by atoms with E-state index < -0.39 is 0 Å². The Morgan fingerprint density at radius 2 is 0.652 bits per heavy atom. The molecule has 3 heterocycles. The first-order chi connectivity index (χ1) is 32.5. The summed E-state index contributed by atoms with van der Waals surface area (Å²) in [5.41, 5.74) is 19.1. The van der Waals surface area contributed by atoms with Gasteiger partial charge >= 0.3 is 0 Å². The molecule has 0 saturated heterocycles. The van der Waals surface area contributed by atoms with Crippen molar-refractivity contribution >= 4 is 5.69 Å². The fourth-order valence-corrected chi connectivity index (χ4v) is 8.46. The quantitative estimate of drug-likeness (QED) is 0.135. The fourth-order valence-electron chi connectivity index (χ4n) is 8.46. The van der Waals surface area contributed by atoms with Crippen molar-refractivity contribution in [2.24, 2.45) is 0 Å². The van der Waals surface area contributed by atoms with Crippen LogP contribution in [-0.2, 0) is 0 Å². The molecule has 6 nitrogen and oxygen atoms in total. The number of benzene rings is 7. The van der Waals surface area contributed by atoms with Gasteiger partial charge in [0.1, 0.15) is 0 Å². The van der Waals surface area contributed by atoms with Crippen LogP contribution in [0.15, 0.2) is 219 Å². The van der Waals surface area contributed by atoms with Crippen molar-refractivity contribution in [3.8, 4) is 113 Å². The predicted octanol–water partition coefficient (Wildman–Crippen LogP) is 15.2. The molecule has 306 valence electrons. The highest BCUT2D eigenvalue weighted by Crippen LogP contribution is 2.42. The lowest BCUT2D eigenvalue weighted by atomic mass is 9.86. The highest BCUT2D eigenvalue weighted by atomic mass is 14.7. The lowest BCUT2D eigenvalue weighted by Crippen LogP contribution is -1.93. The minimum atomic E-state index is 0.577. The highest BCUT2D eigenvalue weighted by molar-refractivity contribution is 5.94. The second-order valence-corrected chi connectivity index (χ2v) is 15.8. The third kappa shape index (κ3) is 8.24. The molecule has 0 bridgehead atoms. The maximum Gasteiger partial charge on any atom is 0.187 e. The number of pyridine rings is 3. The topological polar surface area (TPSA) is 90.6 Å². The predicted molar refractivity (Wildman–Crippen MR) is 264 cm³/mol. The van der Waals surface area contributed by atoms with Crippen LogP contribution in [0.5, 0.6) is 0 Å². The Bertz CT molecular complexity index is 3160. The van der Waals surface area contributed by atoms with Gasteiger partial charge in [-0.3, -0.25) is 15.0 Å². The van der Waals surface area contributed by atoms with Crippen molar-refractivity contribution < 1.29 is 0 Å². The van der Waals surface area contributed by atoms with Gasteiger partial charge < -0.3 is 0 Å². The van der Waals surface area contributed by atoms with E-state index in [1.54, 1.807) is 18.2 Å². The van der Waals surface area contributed by atoms with Gasteiger partial charge in [0.15, 0.2) is 5.69 Å². The van der Waals surface area contributed by atoms with Gasteiger partial charge in [-0.1, -0.05) is 133 Å². The zero-order valence-electron chi connectivity index (χ0n) is 35.5. The van der Waals surface area contributed by atoms with Gasteiger partial charge in [0.05, 0.1) is 46.9 Å². The van der Waals surface area contributed by atoms with Crippen molar-refractivity contribution in [3.05, 3.63) is 241 Å². The van der Waals surface area contributed by atoms with Crippen LogP contribution in [0, 0.1) is 29.2 Å². The Kier molecular flexibility index (Phi) is 11.1. The second kappa shape index (κ2) is 18.1. The van der Waals surface area contributed by atoms with E-state index >= 15 is 0 Å². The zero-order chi connectivity index (χ0) is 44.8. The molecule has 0 radical (unpaired) electrons. The summed E-state index contributed by atoms with van der Waals surface area (Å²) in [7, 11) is 0. The largest absolute Gasteiger partial charge is 0.256 e. The average Bonchev–Trinajstić information content (AvgIpc) is 3.41. The molecule has 7 aromatic carbocycles. The van der Waals surface area contributed by atoms with E-state index in [0.29, 0.717) is 16.8 Å². The minimum Gasteiger partial charge on any atom is -0.256 e. The van der Waals surface area contributed by atoms with Gasteiger partial charge in [0, 0.05) is 46.4 Å². The zero-order valence-corrected chi connectivity index (χ0v) is 35.5. The molecule has 10 rings (SSSR count). The molecule has 0 aliphatic heterocycles. The number of hydrogen-bond donors (Lipinski definition) is 0. The molecule has 10 aromatic rings. The molecular weight excluding hydrogens is 805 g/mol. The van der Waals surface area contributed by atoms with Crippen LogP contribution in [0.3, 0.4) is 0 Å². The molecule has 0 N–H and O–H groups in total. The second-order valence-electron chi connectivity index (χ2n) is 15.8.